The zero-order valence-electron chi connectivity index (χ0n) is 24.5. The largest absolute Gasteiger partial charge is 0.464 e. The normalized spacial score (nSPS) is 18.1. The average Bonchev–Trinajstić information content (AvgIpc) is 3.37. The van der Waals surface area contributed by atoms with E-state index < -0.39 is 17.4 Å². The Morgan fingerprint density at radius 3 is 2.55 bits per heavy atom. The van der Waals surface area contributed by atoms with E-state index in [1.807, 2.05) is 60.0 Å². The highest BCUT2D eigenvalue weighted by molar-refractivity contribution is 6.31. The molecule has 9 nitrogen and oxygen atoms in total. The van der Waals surface area contributed by atoms with E-state index in [0.29, 0.717) is 27.7 Å². The second kappa shape index (κ2) is 11.9. The predicted molar refractivity (Wildman–Crippen MR) is 169 cm³/mol. The molecule has 0 bridgehead atoms. The first-order valence-corrected chi connectivity index (χ1v) is 14.7. The fraction of sp³-hybridized carbons (Fsp3) is 0.206. The lowest BCUT2D eigenvalue weighted by molar-refractivity contribution is -0.152. The van der Waals surface area contributed by atoms with E-state index in [-0.39, 0.29) is 18.9 Å². The Bertz CT molecular complexity index is 1890. The van der Waals surface area contributed by atoms with Crippen molar-refractivity contribution in [2.24, 2.45) is 0 Å². The molecule has 222 valence electrons. The van der Waals surface area contributed by atoms with Gasteiger partial charge in [-0.2, -0.15) is 0 Å². The molecule has 0 radical (unpaired) electrons. The van der Waals surface area contributed by atoms with E-state index in [4.69, 9.17) is 16.3 Å². The molecule has 2 N–H and O–H groups in total. The van der Waals surface area contributed by atoms with Gasteiger partial charge in [-0.05, 0) is 74.7 Å². The first-order valence-electron chi connectivity index (χ1n) is 14.4. The summed E-state index contributed by atoms with van der Waals surface area (Å²) in [5, 5.41) is 6.82. The maximum atomic E-state index is 14.0. The second-order valence-electron chi connectivity index (χ2n) is 10.6. The number of carbonyl (C=O) groups is 2. The molecule has 1 amide bonds. The fourth-order valence-corrected chi connectivity index (χ4v) is 6.32. The molecule has 2 aromatic carbocycles. The van der Waals surface area contributed by atoms with Crippen molar-refractivity contribution in [3.05, 3.63) is 125 Å². The van der Waals surface area contributed by atoms with Crippen molar-refractivity contribution in [3.63, 3.8) is 0 Å². The Morgan fingerprint density at radius 2 is 1.82 bits per heavy atom. The number of fused-ring (bicyclic) bond motifs is 1. The third-order valence-corrected chi connectivity index (χ3v) is 8.31. The zero-order valence-corrected chi connectivity index (χ0v) is 25.3. The van der Waals surface area contributed by atoms with Crippen molar-refractivity contribution in [1.29, 1.82) is 0 Å². The SMILES string of the molecule is CCOC(=O)C1(c2ccc(-n3c(C)nc4cnccc43)cc2)CC(c2ccccc2Cl)C(C(=O)Nc2ccccn2)=C(C)N1. The van der Waals surface area contributed by atoms with Gasteiger partial charge in [-0.15, -0.1) is 0 Å². The summed E-state index contributed by atoms with van der Waals surface area (Å²) in [4.78, 5) is 40.9. The average molecular weight is 607 g/mol. The summed E-state index contributed by atoms with van der Waals surface area (Å²) in [6.07, 6.45) is 5.28. The first kappa shape index (κ1) is 29.1. The summed E-state index contributed by atoms with van der Waals surface area (Å²) in [5.41, 5.74) is 3.76. The third kappa shape index (κ3) is 5.20. The molecule has 2 unspecified atom stereocenters. The number of anilines is 1. The van der Waals surface area contributed by atoms with Crippen LogP contribution in [-0.2, 0) is 19.9 Å². The molecule has 0 saturated carbocycles. The Labute approximate surface area is 260 Å². The van der Waals surface area contributed by atoms with Crippen molar-refractivity contribution in [3.8, 4) is 5.69 Å². The predicted octanol–water partition coefficient (Wildman–Crippen LogP) is 6.23. The van der Waals surface area contributed by atoms with Crippen LogP contribution in [0, 0.1) is 6.92 Å². The Balaban J connectivity index is 1.47. The Hall–Kier alpha value is -5.02. The summed E-state index contributed by atoms with van der Waals surface area (Å²) < 4.78 is 7.73. The van der Waals surface area contributed by atoms with E-state index in [0.717, 1.165) is 28.1 Å². The minimum Gasteiger partial charge on any atom is -0.464 e. The lowest BCUT2D eigenvalue weighted by atomic mass is 9.72. The summed E-state index contributed by atoms with van der Waals surface area (Å²) in [6.45, 7) is 5.71. The second-order valence-corrected chi connectivity index (χ2v) is 11.0. The number of rotatable bonds is 7. The van der Waals surface area contributed by atoms with Crippen LogP contribution in [0.1, 0.15) is 43.1 Å². The molecule has 6 rings (SSSR count). The number of ether oxygens (including phenoxy) is 1. The maximum Gasteiger partial charge on any atom is 0.336 e. The number of carbonyl (C=O) groups excluding carboxylic acids is 2. The van der Waals surface area contributed by atoms with E-state index in [2.05, 4.69) is 25.6 Å². The number of hydrogen-bond donors (Lipinski definition) is 2. The van der Waals surface area contributed by atoms with Crippen LogP contribution in [0.25, 0.3) is 16.7 Å². The van der Waals surface area contributed by atoms with Crippen molar-refractivity contribution >= 4 is 40.3 Å². The van der Waals surface area contributed by atoms with Gasteiger partial charge in [0.05, 0.1) is 18.3 Å². The van der Waals surface area contributed by atoms with Gasteiger partial charge in [0.25, 0.3) is 5.91 Å². The summed E-state index contributed by atoms with van der Waals surface area (Å²) >= 11 is 6.74. The number of imidazole rings is 1. The highest BCUT2D eigenvalue weighted by Gasteiger charge is 2.49. The van der Waals surface area contributed by atoms with Gasteiger partial charge in [0.2, 0.25) is 0 Å². The lowest BCUT2D eigenvalue weighted by Gasteiger charge is -2.42. The minimum atomic E-state index is -1.30. The summed E-state index contributed by atoms with van der Waals surface area (Å²) in [6, 6.07) is 22.4. The standard InChI is InChI=1S/C34H31ClN6O3/c1-4-44-33(43)34(23-12-14-24(15-13-23)41-22(3)38-28-20-36-18-16-29(28)41)19-26(25-9-5-6-10-27(25)35)31(21(2)40-34)32(42)39-30-11-7-8-17-37-30/h5-18,20,26,40H,4,19H2,1-3H3,(H,37,39,42). The van der Waals surface area contributed by atoms with Crippen molar-refractivity contribution < 1.29 is 14.3 Å². The van der Waals surface area contributed by atoms with Crippen LogP contribution in [0.2, 0.25) is 5.02 Å². The molecule has 10 heteroatoms. The Kier molecular flexibility index (Phi) is 7.88. The number of aryl methyl sites for hydroxylation is 1. The first-order chi connectivity index (χ1) is 21.3. The van der Waals surface area contributed by atoms with Crippen LogP contribution in [0.5, 0.6) is 0 Å². The quantitative estimate of drug-likeness (QED) is 0.211. The van der Waals surface area contributed by atoms with Gasteiger partial charge in [-0.25, -0.2) is 14.8 Å². The number of halogens is 1. The molecule has 4 heterocycles. The molecular weight excluding hydrogens is 576 g/mol. The minimum absolute atomic E-state index is 0.190. The zero-order chi connectivity index (χ0) is 30.8. The van der Waals surface area contributed by atoms with Crippen molar-refractivity contribution in [2.75, 3.05) is 11.9 Å². The van der Waals surface area contributed by atoms with Crippen LogP contribution in [0.15, 0.2) is 103 Å². The molecule has 1 aliphatic heterocycles. The smallest absolute Gasteiger partial charge is 0.336 e. The number of esters is 1. The van der Waals surface area contributed by atoms with E-state index >= 15 is 0 Å². The molecular formula is C34H31ClN6O3. The molecule has 0 saturated heterocycles. The summed E-state index contributed by atoms with van der Waals surface area (Å²) in [7, 11) is 0. The molecule has 0 fully saturated rings. The molecule has 44 heavy (non-hydrogen) atoms. The monoisotopic (exact) mass is 606 g/mol. The van der Waals surface area contributed by atoms with E-state index in [1.54, 1.807) is 56.7 Å². The number of amides is 1. The summed E-state index contributed by atoms with van der Waals surface area (Å²) in [5.74, 6) is -0.0680. The molecule has 5 aromatic rings. The van der Waals surface area contributed by atoms with Gasteiger partial charge in [0.1, 0.15) is 17.2 Å². The number of nitrogens with zero attached hydrogens (tertiary/aromatic N) is 4. The highest BCUT2D eigenvalue weighted by atomic mass is 35.5. The van der Waals surface area contributed by atoms with Gasteiger partial charge in [0.15, 0.2) is 5.54 Å². The van der Waals surface area contributed by atoms with Crippen LogP contribution in [-0.4, -0.2) is 38.0 Å². The highest BCUT2D eigenvalue weighted by Crippen LogP contribution is 2.46. The number of nitrogens with one attached hydrogen (secondary N) is 2. The molecule has 2 atom stereocenters. The van der Waals surface area contributed by atoms with Crippen LogP contribution >= 0.6 is 11.6 Å². The Morgan fingerprint density at radius 1 is 1.05 bits per heavy atom. The van der Waals surface area contributed by atoms with Gasteiger partial charge >= 0.3 is 5.97 Å². The molecule has 0 aliphatic carbocycles. The molecule has 3 aromatic heterocycles. The number of allylic oxidation sites excluding steroid dienone is 1. The number of aromatic nitrogens is 4. The van der Waals surface area contributed by atoms with Crippen molar-refractivity contribution in [1.82, 2.24) is 24.8 Å². The van der Waals surface area contributed by atoms with Gasteiger partial charge in [-0.1, -0.05) is 48.0 Å². The van der Waals surface area contributed by atoms with Crippen LogP contribution in [0.3, 0.4) is 0 Å². The van der Waals surface area contributed by atoms with Gasteiger partial charge in [0, 0.05) is 40.3 Å². The van der Waals surface area contributed by atoms with E-state index in [9.17, 15) is 9.59 Å². The van der Waals surface area contributed by atoms with Crippen LogP contribution < -0.4 is 10.6 Å². The maximum absolute atomic E-state index is 14.0. The lowest BCUT2D eigenvalue weighted by Crippen LogP contribution is -2.54. The van der Waals surface area contributed by atoms with Gasteiger partial charge < -0.3 is 15.4 Å². The van der Waals surface area contributed by atoms with E-state index in [1.165, 1.54) is 0 Å². The molecule has 0 spiro atoms. The van der Waals surface area contributed by atoms with Crippen LogP contribution in [0.4, 0.5) is 5.82 Å². The van der Waals surface area contributed by atoms with Gasteiger partial charge in [-0.3, -0.25) is 14.3 Å². The topological polar surface area (TPSA) is 111 Å². The van der Waals surface area contributed by atoms with Crippen molar-refractivity contribution in [2.45, 2.75) is 38.6 Å². The number of benzene rings is 2. The number of hydrogen-bond acceptors (Lipinski definition) is 7. The fourth-order valence-electron chi connectivity index (χ4n) is 6.05. The molecule has 1 aliphatic rings. The third-order valence-electron chi connectivity index (χ3n) is 7.96. The number of pyridine rings is 2.